The molecule has 0 saturated heterocycles. The van der Waals surface area contributed by atoms with E-state index in [1.165, 1.54) is 0 Å². The Hall–Kier alpha value is -1.62. The first-order valence-corrected chi connectivity index (χ1v) is 6.60. The summed E-state index contributed by atoms with van der Waals surface area (Å²) in [6, 6.07) is 1.86. The summed E-state index contributed by atoms with van der Waals surface area (Å²) in [5.74, 6) is 2.54. The van der Waals surface area contributed by atoms with E-state index in [1.807, 2.05) is 27.0 Å². The fourth-order valence-electron chi connectivity index (χ4n) is 1.79. The van der Waals surface area contributed by atoms with Crippen LogP contribution in [-0.4, -0.2) is 26.8 Å². The van der Waals surface area contributed by atoms with Gasteiger partial charge in [0.05, 0.1) is 16.4 Å². The predicted molar refractivity (Wildman–Crippen MR) is 77.3 cm³/mol. The van der Waals surface area contributed by atoms with Crippen molar-refractivity contribution in [3.63, 3.8) is 0 Å². The van der Waals surface area contributed by atoms with Crippen molar-refractivity contribution < 1.29 is 0 Å². The first kappa shape index (κ1) is 13.8. The number of nitrogens with one attached hydrogen (secondary N) is 1. The van der Waals surface area contributed by atoms with Crippen molar-refractivity contribution in [3.05, 3.63) is 28.3 Å². The van der Waals surface area contributed by atoms with Gasteiger partial charge >= 0.3 is 0 Å². The van der Waals surface area contributed by atoms with Gasteiger partial charge in [0.2, 0.25) is 0 Å². The molecule has 0 aliphatic carbocycles. The highest BCUT2D eigenvalue weighted by Gasteiger charge is 2.14. The van der Waals surface area contributed by atoms with Gasteiger partial charge < -0.3 is 5.32 Å². The second kappa shape index (κ2) is 5.17. The molecule has 0 aromatic carbocycles. The summed E-state index contributed by atoms with van der Waals surface area (Å²) in [6.07, 6.45) is 0. The molecular weight excluding hydrogens is 262 g/mol. The molecule has 0 radical (unpaired) electrons. The van der Waals surface area contributed by atoms with Gasteiger partial charge in [0.25, 0.3) is 0 Å². The molecule has 0 unspecified atom stereocenters. The lowest BCUT2D eigenvalue weighted by atomic mass is 10.2. The van der Waals surface area contributed by atoms with Crippen molar-refractivity contribution >= 4 is 17.4 Å². The van der Waals surface area contributed by atoms with Gasteiger partial charge in [0.15, 0.2) is 5.82 Å². The highest BCUT2D eigenvalue weighted by Crippen LogP contribution is 2.23. The Kier molecular flexibility index (Phi) is 3.75. The zero-order valence-electron chi connectivity index (χ0n) is 11.8. The average Bonchev–Trinajstić information content (AvgIpc) is 2.66. The molecule has 0 atom stereocenters. The van der Waals surface area contributed by atoms with Crippen LogP contribution in [0.25, 0.3) is 5.82 Å². The van der Waals surface area contributed by atoms with Gasteiger partial charge in [-0.05, 0) is 13.8 Å². The molecule has 2 aromatic heterocycles. The van der Waals surface area contributed by atoms with Crippen LogP contribution in [0.3, 0.4) is 0 Å². The molecule has 2 rings (SSSR count). The number of hydrogen-bond acceptors (Lipinski definition) is 4. The summed E-state index contributed by atoms with van der Waals surface area (Å²) in [4.78, 5) is 9.00. The Morgan fingerprint density at radius 3 is 2.42 bits per heavy atom. The van der Waals surface area contributed by atoms with Crippen molar-refractivity contribution in [3.8, 4) is 5.82 Å². The summed E-state index contributed by atoms with van der Waals surface area (Å²) in [5, 5.41) is 8.15. The van der Waals surface area contributed by atoms with Crippen molar-refractivity contribution in [2.45, 2.75) is 33.6 Å². The van der Waals surface area contributed by atoms with E-state index in [4.69, 9.17) is 11.6 Å². The fraction of sp³-hybridized carbons (Fsp3) is 0.462. The van der Waals surface area contributed by atoms with Crippen LogP contribution in [0.2, 0.25) is 5.02 Å². The average molecular weight is 280 g/mol. The van der Waals surface area contributed by atoms with E-state index in [0.29, 0.717) is 5.02 Å². The maximum absolute atomic E-state index is 6.18. The zero-order valence-corrected chi connectivity index (χ0v) is 12.6. The van der Waals surface area contributed by atoms with E-state index in [2.05, 4.69) is 34.2 Å². The molecule has 0 aliphatic heterocycles. The summed E-state index contributed by atoms with van der Waals surface area (Å²) in [6.45, 7) is 7.94. The fourth-order valence-corrected chi connectivity index (χ4v) is 1.91. The Labute approximate surface area is 118 Å². The van der Waals surface area contributed by atoms with E-state index < -0.39 is 0 Å². The molecule has 102 valence electrons. The minimum Gasteiger partial charge on any atom is -0.373 e. The molecular formula is C13H18ClN5. The van der Waals surface area contributed by atoms with Gasteiger partial charge in [0.1, 0.15) is 11.6 Å². The lowest BCUT2D eigenvalue weighted by Crippen LogP contribution is -2.09. The van der Waals surface area contributed by atoms with Crippen molar-refractivity contribution in [1.82, 2.24) is 19.7 Å². The Morgan fingerprint density at radius 2 is 1.95 bits per heavy atom. The van der Waals surface area contributed by atoms with Crippen molar-refractivity contribution in [1.29, 1.82) is 0 Å². The van der Waals surface area contributed by atoms with Crippen LogP contribution in [-0.2, 0) is 0 Å². The topological polar surface area (TPSA) is 55.6 Å². The highest BCUT2D eigenvalue weighted by atomic mass is 35.5. The molecule has 0 saturated carbocycles. The van der Waals surface area contributed by atoms with Crippen LogP contribution in [0.4, 0.5) is 5.82 Å². The van der Waals surface area contributed by atoms with Gasteiger partial charge in [-0.25, -0.2) is 14.6 Å². The van der Waals surface area contributed by atoms with E-state index in [1.54, 1.807) is 4.68 Å². The summed E-state index contributed by atoms with van der Waals surface area (Å²) >= 11 is 6.18. The summed E-state index contributed by atoms with van der Waals surface area (Å²) < 4.78 is 1.76. The molecule has 6 heteroatoms. The molecule has 19 heavy (non-hydrogen) atoms. The van der Waals surface area contributed by atoms with Gasteiger partial charge in [-0.1, -0.05) is 25.4 Å². The first-order valence-electron chi connectivity index (χ1n) is 6.22. The maximum Gasteiger partial charge on any atom is 0.159 e. The van der Waals surface area contributed by atoms with E-state index in [-0.39, 0.29) is 5.92 Å². The second-order valence-electron chi connectivity index (χ2n) is 4.77. The SMILES string of the molecule is CNc1cc(-n2nc(C)c(Cl)c2C)nc(C(C)C)n1. The molecule has 0 aliphatic rings. The highest BCUT2D eigenvalue weighted by molar-refractivity contribution is 6.31. The van der Waals surface area contributed by atoms with E-state index in [0.717, 1.165) is 28.8 Å². The second-order valence-corrected chi connectivity index (χ2v) is 5.15. The molecule has 2 aromatic rings. The van der Waals surface area contributed by atoms with Crippen LogP contribution in [0, 0.1) is 13.8 Å². The first-order chi connectivity index (χ1) is 8.93. The quantitative estimate of drug-likeness (QED) is 0.938. The van der Waals surface area contributed by atoms with Gasteiger partial charge in [-0.3, -0.25) is 0 Å². The number of nitrogens with zero attached hydrogens (tertiary/aromatic N) is 4. The molecule has 1 N–H and O–H groups in total. The van der Waals surface area contributed by atoms with Crippen LogP contribution in [0.15, 0.2) is 6.07 Å². The minimum absolute atomic E-state index is 0.250. The van der Waals surface area contributed by atoms with Crippen molar-refractivity contribution in [2.24, 2.45) is 0 Å². The molecule has 0 spiro atoms. The van der Waals surface area contributed by atoms with Gasteiger partial charge in [-0.2, -0.15) is 5.10 Å². The number of rotatable bonds is 3. The monoisotopic (exact) mass is 279 g/mol. The number of aromatic nitrogens is 4. The van der Waals surface area contributed by atoms with Crippen LogP contribution >= 0.6 is 11.6 Å². The third-order valence-corrected chi connectivity index (χ3v) is 3.47. The molecule has 5 nitrogen and oxygen atoms in total. The van der Waals surface area contributed by atoms with Crippen LogP contribution < -0.4 is 5.32 Å². The lowest BCUT2D eigenvalue weighted by Gasteiger charge is -2.10. The molecule has 0 fully saturated rings. The standard InChI is InChI=1S/C13H18ClN5/c1-7(2)13-16-10(15-5)6-11(17-13)19-9(4)12(14)8(3)18-19/h6-7H,1-5H3,(H,15,16,17). The van der Waals surface area contributed by atoms with E-state index >= 15 is 0 Å². The number of anilines is 1. The minimum atomic E-state index is 0.250. The summed E-state index contributed by atoms with van der Waals surface area (Å²) in [7, 11) is 1.84. The Bertz CT molecular complexity index is 603. The number of halogens is 1. The predicted octanol–water partition coefficient (Wildman–Crippen LogP) is 3.10. The zero-order chi connectivity index (χ0) is 14.2. The largest absolute Gasteiger partial charge is 0.373 e. The molecule has 2 heterocycles. The third-order valence-electron chi connectivity index (χ3n) is 2.92. The molecule has 0 amide bonds. The Morgan fingerprint density at radius 1 is 1.26 bits per heavy atom. The van der Waals surface area contributed by atoms with Crippen molar-refractivity contribution in [2.75, 3.05) is 12.4 Å². The van der Waals surface area contributed by atoms with Crippen LogP contribution in [0.1, 0.15) is 37.0 Å². The molecule has 0 bridgehead atoms. The number of aryl methyl sites for hydroxylation is 1. The van der Waals surface area contributed by atoms with E-state index in [9.17, 15) is 0 Å². The summed E-state index contributed by atoms with van der Waals surface area (Å²) in [5.41, 5.74) is 1.68. The normalized spacial score (nSPS) is 11.1. The third kappa shape index (κ3) is 2.56. The van der Waals surface area contributed by atoms with Gasteiger partial charge in [0, 0.05) is 19.0 Å². The Balaban J connectivity index is 2.61. The smallest absolute Gasteiger partial charge is 0.159 e. The number of hydrogen-bond donors (Lipinski definition) is 1. The maximum atomic E-state index is 6.18. The lowest BCUT2D eigenvalue weighted by molar-refractivity contribution is 0.737. The van der Waals surface area contributed by atoms with Crippen LogP contribution in [0.5, 0.6) is 0 Å². The van der Waals surface area contributed by atoms with Gasteiger partial charge in [-0.15, -0.1) is 0 Å².